The summed E-state index contributed by atoms with van der Waals surface area (Å²) in [4.78, 5) is 9.90. The molecule has 5 N–H and O–H groups in total. The zero-order valence-corrected chi connectivity index (χ0v) is 4.90. The first-order chi connectivity index (χ1) is 3.85. The molecule has 0 rings (SSSR count). The van der Waals surface area contributed by atoms with Gasteiger partial charge in [-0.3, -0.25) is 4.79 Å². The molecule has 0 spiro atoms. The number of hydrogen-bond donors (Lipinski definition) is 4. The highest BCUT2D eigenvalue weighted by atomic mass is 16.5. The average molecular weight is 135 g/mol. The first-order valence-electron chi connectivity index (χ1n) is 2.29. The predicted octanol–water partition coefficient (Wildman–Crippen LogP) is -1.90. The zero-order chi connectivity index (χ0) is 7.65. The highest BCUT2D eigenvalue weighted by molar-refractivity contribution is 5.74. The second-order valence-electron chi connectivity index (χ2n) is 1.91. The first kappa shape index (κ1) is 8.35. The third kappa shape index (κ3) is 2.41. The van der Waals surface area contributed by atoms with Crippen molar-refractivity contribution in [1.29, 1.82) is 0 Å². The van der Waals surface area contributed by atoms with Crippen molar-refractivity contribution in [2.45, 2.75) is 18.8 Å². The fourth-order valence-electron chi connectivity index (χ4n) is 0.234. The average Bonchev–Trinajstić information content (AvgIpc) is 1.62. The Kier molecular flexibility index (Phi) is 2.13. The van der Waals surface area contributed by atoms with Crippen molar-refractivity contribution in [1.82, 2.24) is 0 Å². The molecule has 5 nitrogen and oxygen atoms in total. The Morgan fingerprint density at radius 3 is 2.00 bits per heavy atom. The molecule has 0 heterocycles. The van der Waals surface area contributed by atoms with Gasteiger partial charge in [0.15, 0.2) is 11.8 Å². The Balaban J connectivity index is 4.04. The van der Waals surface area contributed by atoms with Crippen LogP contribution in [0.5, 0.6) is 0 Å². The maximum absolute atomic E-state index is 9.90. The van der Waals surface area contributed by atoms with Gasteiger partial charge < -0.3 is 21.1 Å². The lowest BCUT2D eigenvalue weighted by atomic mass is 10.1. The monoisotopic (exact) mass is 135 g/mol. The van der Waals surface area contributed by atoms with Crippen LogP contribution in [0.15, 0.2) is 0 Å². The fourth-order valence-corrected chi connectivity index (χ4v) is 0.234. The Hall–Kier alpha value is -0.650. The fraction of sp³-hybridized carbons (Fsp3) is 0.750. The molecule has 0 amide bonds. The van der Waals surface area contributed by atoms with E-state index in [2.05, 4.69) is 0 Å². The van der Waals surface area contributed by atoms with Gasteiger partial charge in [-0.2, -0.15) is 0 Å². The molecule has 9 heavy (non-hydrogen) atoms. The van der Waals surface area contributed by atoms with E-state index in [9.17, 15) is 4.79 Å². The number of rotatable bonds is 2. The number of nitrogens with two attached hydrogens (primary N) is 1. The summed E-state index contributed by atoms with van der Waals surface area (Å²) in [5.74, 6) is -3.78. The molecule has 5 heteroatoms. The van der Waals surface area contributed by atoms with Crippen LogP contribution < -0.4 is 5.73 Å². The molecular formula is C4H9NO4. The second kappa shape index (κ2) is 2.30. The van der Waals surface area contributed by atoms with Gasteiger partial charge >= 0.3 is 5.97 Å². The van der Waals surface area contributed by atoms with E-state index in [1.807, 2.05) is 0 Å². The van der Waals surface area contributed by atoms with E-state index in [1.165, 1.54) is 0 Å². The summed E-state index contributed by atoms with van der Waals surface area (Å²) in [6.07, 6.45) is 0. The molecule has 0 fully saturated rings. The van der Waals surface area contributed by atoms with Crippen LogP contribution in [0.1, 0.15) is 6.92 Å². The van der Waals surface area contributed by atoms with Gasteiger partial charge in [-0.25, -0.2) is 0 Å². The lowest BCUT2D eigenvalue weighted by Gasteiger charge is -2.19. The number of carboxylic acids is 1. The smallest absolute Gasteiger partial charge is 0.326 e. The van der Waals surface area contributed by atoms with E-state index in [0.717, 1.165) is 6.92 Å². The van der Waals surface area contributed by atoms with Gasteiger partial charge in [-0.15, -0.1) is 0 Å². The first-order valence-corrected chi connectivity index (χ1v) is 2.29. The normalized spacial score (nSPS) is 15.1. The van der Waals surface area contributed by atoms with E-state index in [1.54, 1.807) is 0 Å². The Morgan fingerprint density at radius 1 is 1.67 bits per heavy atom. The SMILES string of the molecule is CC(O)(O)[C@H](N)C(=O)O. The van der Waals surface area contributed by atoms with E-state index in [-0.39, 0.29) is 0 Å². The second-order valence-corrected chi connectivity index (χ2v) is 1.91. The Bertz CT molecular complexity index is 116. The number of carboxylic acid groups (broad SMARTS) is 1. The lowest BCUT2D eigenvalue weighted by Crippen LogP contribution is -2.50. The summed E-state index contributed by atoms with van der Waals surface area (Å²) in [6.45, 7) is 0.909. The molecule has 1 atom stereocenters. The number of aliphatic hydroxyl groups is 2. The summed E-state index contributed by atoms with van der Waals surface area (Å²) in [6, 6.07) is -1.66. The topological polar surface area (TPSA) is 104 Å². The Labute approximate surface area is 51.7 Å². The van der Waals surface area contributed by atoms with Crippen molar-refractivity contribution in [3.63, 3.8) is 0 Å². The molecule has 0 aromatic rings. The van der Waals surface area contributed by atoms with Crippen LogP contribution in [0.25, 0.3) is 0 Å². The molecule has 0 aliphatic carbocycles. The van der Waals surface area contributed by atoms with Gasteiger partial charge in [0.2, 0.25) is 0 Å². The highest BCUT2D eigenvalue weighted by Gasteiger charge is 2.31. The molecule has 0 saturated heterocycles. The van der Waals surface area contributed by atoms with Crippen LogP contribution in [0.3, 0.4) is 0 Å². The van der Waals surface area contributed by atoms with Gasteiger partial charge in [-0.05, 0) is 6.92 Å². The largest absolute Gasteiger partial charge is 0.480 e. The van der Waals surface area contributed by atoms with Crippen LogP contribution in [0, 0.1) is 0 Å². The minimum atomic E-state index is -2.34. The molecule has 0 bridgehead atoms. The third-order valence-electron chi connectivity index (χ3n) is 0.855. The standard InChI is InChI=1S/C4H9NO4/c1-4(8,9)2(5)3(6)7/h2,8-9H,5H2,1H3,(H,6,7)/t2-/m1/s1. The summed E-state index contributed by atoms with van der Waals surface area (Å²) in [7, 11) is 0. The molecule has 0 aromatic heterocycles. The van der Waals surface area contributed by atoms with Crippen LogP contribution >= 0.6 is 0 Å². The summed E-state index contributed by atoms with van der Waals surface area (Å²) >= 11 is 0. The van der Waals surface area contributed by atoms with E-state index in [0.29, 0.717) is 0 Å². The highest BCUT2D eigenvalue weighted by Crippen LogP contribution is 2.01. The number of aliphatic carboxylic acids is 1. The summed E-state index contributed by atoms with van der Waals surface area (Å²) in [5.41, 5.74) is 4.79. The molecule has 0 aliphatic rings. The molecule has 0 aliphatic heterocycles. The van der Waals surface area contributed by atoms with Crippen LogP contribution in [0.2, 0.25) is 0 Å². The predicted molar refractivity (Wildman–Crippen MR) is 28.5 cm³/mol. The van der Waals surface area contributed by atoms with Crippen molar-refractivity contribution >= 4 is 5.97 Å². The molecular weight excluding hydrogens is 126 g/mol. The van der Waals surface area contributed by atoms with Gasteiger partial charge in [0.25, 0.3) is 0 Å². The quantitative estimate of drug-likeness (QED) is 0.331. The van der Waals surface area contributed by atoms with Gasteiger partial charge in [0, 0.05) is 0 Å². The minimum Gasteiger partial charge on any atom is -0.480 e. The van der Waals surface area contributed by atoms with Crippen LogP contribution in [0.4, 0.5) is 0 Å². The number of hydrogen-bond acceptors (Lipinski definition) is 4. The third-order valence-corrected chi connectivity index (χ3v) is 0.855. The van der Waals surface area contributed by atoms with E-state index in [4.69, 9.17) is 21.1 Å². The van der Waals surface area contributed by atoms with Crippen molar-refractivity contribution < 1.29 is 20.1 Å². The van der Waals surface area contributed by atoms with Crippen LogP contribution in [-0.4, -0.2) is 33.1 Å². The summed E-state index contributed by atoms with van der Waals surface area (Å²) in [5, 5.41) is 25.1. The van der Waals surface area contributed by atoms with Gasteiger partial charge in [-0.1, -0.05) is 0 Å². The van der Waals surface area contributed by atoms with Crippen molar-refractivity contribution in [2.75, 3.05) is 0 Å². The molecule has 0 radical (unpaired) electrons. The van der Waals surface area contributed by atoms with Gasteiger partial charge in [0.1, 0.15) is 0 Å². The van der Waals surface area contributed by atoms with Gasteiger partial charge in [0.05, 0.1) is 0 Å². The van der Waals surface area contributed by atoms with Crippen LogP contribution in [-0.2, 0) is 4.79 Å². The molecule has 0 saturated carbocycles. The lowest BCUT2D eigenvalue weighted by molar-refractivity contribution is -0.180. The van der Waals surface area contributed by atoms with Crippen molar-refractivity contribution in [3.05, 3.63) is 0 Å². The maximum Gasteiger partial charge on any atom is 0.326 e. The number of carbonyl (C=O) groups is 1. The van der Waals surface area contributed by atoms with E-state index >= 15 is 0 Å². The molecule has 0 unspecified atom stereocenters. The maximum atomic E-state index is 9.90. The molecule has 54 valence electrons. The van der Waals surface area contributed by atoms with Crippen molar-refractivity contribution in [2.24, 2.45) is 5.73 Å². The van der Waals surface area contributed by atoms with E-state index < -0.39 is 17.8 Å². The van der Waals surface area contributed by atoms with Crippen molar-refractivity contribution in [3.8, 4) is 0 Å². The molecule has 0 aromatic carbocycles. The Morgan fingerprint density at radius 2 is 2.00 bits per heavy atom. The summed E-state index contributed by atoms with van der Waals surface area (Å²) < 4.78 is 0. The minimum absolute atomic E-state index is 0.909. The zero-order valence-electron chi connectivity index (χ0n) is 4.90.